The van der Waals surface area contributed by atoms with Crippen LogP contribution in [0, 0.1) is 5.92 Å². The van der Waals surface area contributed by atoms with Crippen LogP contribution >= 0.6 is 0 Å². The van der Waals surface area contributed by atoms with Crippen molar-refractivity contribution < 1.29 is 13.2 Å². The molecule has 0 radical (unpaired) electrons. The SMILES string of the molecule is CNCC(C)CN1CCN(CC(F)(F)F)CC1. The van der Waals surface area contributed by atoms with E-state index in [9.17, 15) is 13.2 Å². The Morgan fingerprint density at radius 1 is 1.12 bits per heavy atom. The monoisotopic (exact) mass is 253 g/mol. The van der Waals surface area contributed by atoms with Crippen LogP contribution in [0.3, 0.4) is 0 Å². The van der Waals surface area contributed by atoms with Gasteiger partial charge in [0, 0.05) is 32.7 Å². The minimum atomic E-state index is -4.07. The first-order valence-electron chi connectivity index (χ1n) is 6.07. The normalized spacial score (nSPS) is 21.7. The number of hydrogen-bond donors (Lipinski definition) is 1. The van der Waals surface area contributed by atoms with Crippen molar-refractivity contribution in [3.8, 4) is 0 Å². The molecular weight excluding hydrogens is 231 g/mol. The molecule has 1 N–H and O–H groups in total. The summed E-state index contributed by atoms with van der Waals surface area (Å²) >= 11 is 0. The third-order valence-corrected chi connectivity index (χ3v) is 2.99. The van der Waals surface area contributed by atoms with E-state index in [1.807, 2.05) is 7.05 Å². The van der Waals surface area contributed by atoms with E-state index in [1.54, 1.807) is 0 Å². The van der Waals surface area contributed by atoms with Gasteiger partial charge in [-0.05, 0) is 19.5 Å². The van der Waals surface area contributed by atoms with Crippen LogP contribution in [0.5, 0.6) is 0 Å². The molecule has 0 spiro atoms. The summed E-state index contributed by atoms with van der Waals surface area (Å²) in [5, 5.41) is 3.11. The van der Waals surface area contributed by atoms with Crippen LogP contribution in [0.2, 0.25) is 0 Å². The second-order valence-electron chi connectivity index (χ2n) is 4.85. The lowest BCUT2D eigenvalue weighted by Crippen LogP contribution is -2.50. The van der Waals surface area contributed by atoms with E-state index >= 15 is 0 Å². The highest BCUT2D eigenvalue weighted by Gasteiger charge is 2.32. The van der Waals surface area contributed by atoms with Gasteiger partial charge in [0.15, 0.2) is 0 Å². The quantitative estimate of drug-likeness (QED) is 0.789. The van der Waals surface area contributed by atoms with Gasteiger partial charge in [-0.3, -0.25) is 4.90 Å². The van der Waals surface area contributed by atoms with Crippen LogP contribution in [-0.2, 0) is 0 Å². The van der Waals surface area contributed by atoms with E-state index in [0.717, 1.165) is 26.2 Å². The lowest BCUT2D eigenvalue weighted by molar-refractivity contribution is -0.149. The fraction of sp³-hybridized carbons (Fsp3) is 1.00. The van der Waals surface area contributed by atoms with Gasteiger partial charge < -0.3 is 10.2 Å². The highest BCUT2D eigenvalue weighted by Crippen LogP contribution is 2.17. The number of nitrogens with zero attached hydrogens (tertiary/aromatic N) is 2. The molecule has 0 aromatic carbocycles. The Hall–Kier alpha value is -0.330. The number of nitrogens with one attached hydrogen (secondary N) is 1. The third-order valence-electron chi connectivity index (χ3n) is 2.99. The molecule has 17 heavy (non-hydrogen) atoms. The van der Waals surface area contributed by atoms with Crippen molar-refractivity contribution >= 4 is 0 Å². The minimum Gasteiger partial charge on any atom is -0.319 e. The molecule has 0 saturated carbocycles. The molecule has 0 bridgehead atoms. The topological polar surface area (TPSA) is 18.5 Å². The van der Waals surface area contributed by atoms with E-state index < -0.39 is 12.7 Å². The average Bonchev–Trinajstić information content (AvgIpc) is 2.19. The first kappa shape index (κ1) is 14.7. The van der Waals surface area contributed by atoms with E-state index in [0.29, 0.717) is 19.0 Å². The molecule has 1 saturated heterocycles. The summed E-state index contributed by atoms with van der Waals surface area (Å²) in [7, 11) is 1.91. The number of halogens is 3. The summed E-state index contributed by atoms with van der Waals surface area (Å²) in [5.41, 5.74) is 0. The van der Waals surface area contributed by atoms with Crippen LogP contribution in [0.1, 0.15) is 6.92 Å². The summed E-state index contributed by atoms with van der Waals surface area (Å²) in [5.74, 6) is 0.536. The number of piperazine rings is 1. The van der Waals surface area contributed by atoms with Crippen molar-refractivity contribution in [1.29, 1.82) is 0 Å². The number of alkyl halides is 3. The van der Waals surface area contributed by atoms with E-state index in [-0.39, 0.29) is 0 Å². The highest BCUT2D eigenvalue weighted by atomic mass is 19.4. The van der Waals surface area contributed by atoms with Gasteiger partial charge >= 0.3 is 6.18 Å². The zero-order valence-electron chi connectivity index (χ0n) is 10.6. The van der Waals surface area contributed by atoms with Crippen LogP contribution in [0.4, 0.5) is 13.2 Å². The van der Waals surface area contributed by atoms with Gasteiger partial charge in [0.25, 0.3) is 0 Å². The molecule has 102 valence electrons. The van der Waals surface area contributed by atoms with Gasteiger partial charge in [-0.2, -0.15) is 13.2 Å². The van der Waals surface area contributed by atoms with Gasteiger partial charge in [0.1, 0.15) is 0 Å². The van der Waals surface area contributed by atoms with Crippen LogP contribution in [0.25, 0.3) is 0 Å². The molecule has 0 amide bonds. The van der Waals surface area contributed by atoms with Crippen LogP contribution in [-0.4, -0.2) is 68.8 Å². The van der Waals surface area contributed by atoms with Crippen molar-refractivity contribution in [2.45, 2.75) is 13.1 Å². The Morgan fingerprint density at radius 2 is 1.65 bits per heavy atom. The summed E-state index contributed by atoms with van der Waals surface area (Å²) < 4.78 is 36.6. The molecule has 1 heterocycles. The van der Waals surface area contributed by atoms with Crippen molar-refractivity contribution in [3.63, 3.8) is 0 Å². The molecule has 1 aliphatic rings. The molecule has 0 aromatic heterocycles. The largest absolute Gasteiger partial charge is 0.401 e. The Bertz CT molecular complexity index is 212. The van der Waals surface area contributed by atoms with Crippen LogP contribution < -0.4 is 5.32 Å². The molecule has 6 heteroatoms. The van der Waals surface area contributed by atoms with Crippen LogP contribution in [0.15, 0.2) is 0 Å². The summed E-state index contributed by atoms with van der Waals surface area (Å²) in [6, 6.07) is 0. The van der Waals surface area contributed by atoms with Crippen molar-refractivity contribution in [3.05, 3.63) is 0 Å². The maximum atomic E-state index is 12.2. The van der Waals surface area contributed by atoms with Crippen molar-refractivity contribution in [1.82, 2.24) is 15.1 Å². The molecule has 0 aliphatic carbocycles. The van der Waals surface area contributed by atoms with Gasteiger partial charge in [0.2, 0.25) is 0 Å². The van der Waals surface area contributed by atoms with Crippen molar-refractivity contribution in [2.24, 2.45) is 5.92 Å². The lowest BCUT2D eigenvalue weighted by atomic mass is 10.1. The second-order valence-corrected chi connectivity index (χ2v) is 4.85. The summed E-state index contributed by atoms with van der Waals surface area (Å²) in [4.78, 5) is 3.73. The maximum absolute atomic E-state index is 12.2. The zero-order valence-corrected chi connectivity index (χ0v) is 10.6. The maximum Gasteiger partial charge on any atom is 0.401 e. The fourth-order valence-corrected chi connectivity index (χ4v) is 2.24. The van der Waals surface area contributed by atoms with Crippen molar-refractivity contribution in [2.75, 3.05) is 52.9 Å². The molecule has 1 unspecified atom stereocenters. The third kappa shape index (κ3) is 6.24. The average molecular weight is 253 g/mol. The van der Waals surface area contributed by atoms with E-state index in [1.165, 1.54) is 4.90 Å². The number of rotatable bonds is 5. The predicted octanol–water partition coefficient (Wildman–Crippen LogP) is 1.02. The Balaban J connectivity index is 2.21. The Labute approximate surface area is 101 Å². The molecular formula is C11H22F3N3. The smallest absolute Gasteiger partial charge is 0.319 e. The molecule has 0 aromatic rings. The first-order chi connectivity index (χ1) is 7.90. The van der Waals surface area contributed by atoms with Gasteiger partial charge in [-0.25, -0.2) is 0 Å². The van der Waals surface area contributed by atoms with E-state index in [4.69, 9.17) is 0 Å². The molecule has 1 rings (SSSR count). The predicted molar refractivity (Wildman–Crippen MR) is 62.0 cm³/mol. The zero-order chi connectivity index (χ0) is 12.9. The summed E-state index contributed by atoms with van der Waals surface area (Å²) in [6.45, 7) is 5.81. The molecule has 3 nitrogen and oxygen atoms in total. The first-order valence-corrected chi connectivity index (χ1v) is 6.07. The molecule has 1 atom stereocenters. The standard InChI is InChI=1S/C11H22F3N3/c1-10(7-15-2)8-16-3-5-17(6-4-16)9-11(12,13)14/h10,15H,3-9H2,1-2H3. The summed E-state index contributed by atoms with van der Waals surface area (Å²) in [6.07, 6.45) is -4.07. The van der Waals surface area contributed by atoms with Gasteiger partial charge in [-0.15, -0.1) is 0 Å². The second kappa shape index (κ2) is 6.56. The Kier molecular flexibility index (Phi) is 5.69. The Morgan fingerprint density at radius 3 is 2.12 bits per heavy atom. The lowest BCUT2D eigenvalue weighted by Gasteiger charge is -2.36. The minimum absolute atomic E-state index is 0.520. The fourth-order valence-electron chi connectivity index (χ4n) is 2.24. The molecule has 1 fully saturated rings. The van der Waals surface area contributed by atoms with Gasteiger partial charge in [-0.1, -0.05) is 6.92 Å². The number of hydrogen-bond acceptors (Lipinski definition) is 3. The van der Waals surface area contributed by atoms with E-state index in [2.05, 4.69) is 17.1 Å². The molecule has 1 aliphatic heterocycles. The highest BCUT2D eigenvalue weighted by molar-refractivity contribution is 4.75. The van der Waals surface area contributed by atoms with Gasteiger partial charge in [0.05, 0.1) is 6.54 Å².